The quantitative estimate of drug-likeness (QED) is 0.180. The molecule has 1 aliphatic carbocycles. The highest BCUT2D eigenvalue weighted by molar-refractivity contribution is 6.16. The Labute approximate surface area is 331 Å². The van der Waals surface area contributed by atoms with Crippen LogP contribution in [0.15, 0.2) is 200 Å². The fourth-order valence-corrected chi connectivity index (χ4v) is 10.0. The first-order chi connectivity index (χ1) is 28.2. The van der Waals surface area contributed by atoms with Crippen LogP contribution < -0.4 is 9.64 Å². The number of para-hydroxylation sites is 4. The fourth-order valence-electron chi connectivity index (χ4n) is 10.0. The molecule has 0 N–H and O–H groups in total. The maximum atomic E-state index is 6.95. The van der Waals surface area contributed by atoms with Crippen LogP contribution in [0.2, 0.25) is 0 Å². The number of anilines is 3. The summed E-state index contributed by atoms with van der Waals surface area (Å²) < 4.78 is 9.36. The van der Waals surface area contributed by atoms with E-state index in [0.717, 1.165) is 45.2 Å². The average Bonchev–Trinajstić information content (AvgIpc) is 3.76. The Morgan fingerprint density at radius 2 is 1.16 bits per heavy atom. The van der Waals surface area contributed by atoms with E-state index >= 15 is 0 Å². The van der Waals surface area contributed by atoms with Crippen LogP contribution in [0.1, 0.15) is 27.8 Å². The Kier molecular flexibility index (Phi) is 6.76. The monoisotopic (exact) mass is 728 g/mol. The zero-order valence-electron chi connectivity index (χ0n) is 31.4. The van der Waals surface area contributed by atoms with Gasteiger partial charge in [0.2, 0.25) is 0 Å². The molecule has 0 amide bonds. The SMILES string of the molecule is Cc1ccccc1N(c1ccc2c(c1)C1(c3ccccc3Oc3c1ccc1ccccc31)c1ccccc1-2)c1cccc2c1c1ccccc1n2-c1ccccc1. The predicted molar refractivity (Wildman–Crippen MR) is 235 cm³/mol. The molecule has 1 spiro atoms. The van der Waals surface area contributed by atoms with E-state index < -0.39 is 5.41 Å². The first-order valence-corrected chi connectivity index (χ1v) is 19.7. The van der Waals surface area contributed by atoms with E-state index in [4.69, 9.17) is 4.74 Å². The Balaban J connectivity index is 1.19. The molecule has 1 unspecified atom stereocenters. The summed E-state index contributed by atoms with van der Waals surface area (Å²) in [5.74, 6) is 1.82. The van der Waals surface area contributed by atoms with Gasteiger partial charge in [-0.15, -0.1) is 0 Å². The summed E-state index contributed by atoms with van der Waals surface area (Å²) in [5, 5.41) is 4.72. The third-order valence-corrected chi connectivity index (χ3v) is 12.4. The number of fused-ring (bicyclic) bond motifs is 14. The van der Waals surface area contributed by atoms with Crippen LogP contribution in [0.3, 0.4) is 0 Å². The fraction of sp³-hybridized carbons (Fsp3) is 0.0370. The zero-order chi connectivity index (χ0) is 37.7. The molecule has 0 bridgehead atoms. The van der Waals surface area contributed by atoms with Gasteiger partial charge in [0, 0.05) is 44.3 Å². The van der Waals surface area contributed by atoms with Gasteiger partial charge in [0.25, 0.3) is 0 Å². The molecule has 2 aliphatic rings. The summed E-state index contributed by atoms with van der Waals surface area (Å²) in [6.45, 7) is 2.22. The van der Waals surface area contributed by atoms with Crippen molar-refractivity contribution in [3.05, 3.63) is 228 Å². The van der Waals surface area contributed by atoms with Gasteiger partial charge in [-0.2, -0.15) is 0 Å². The first-order valence-electron chi connectivity index (χ1n) is 19.7. The number of benzene rings is 9. The van der Waals surface area contributed by atoms with Crippen molar-refractivity contribution in [3.63, 3.8) is 0 Å². The lowest BCUT2D eigenvalue weighted by molar-refractivity contribution is 0.441. The van der Waals surface area contributed by atoms with Crippen molar-refractivity contribution >= 4 is 49.6 Å². The lowest BCUT2D eigenvalue weighted by Gasteiger charge is -2.40. The van der Waals surface area contributed by atoms with Crippen molar-refractivity contribution in [2.45, 2.75) is 12.3 Å². The lowest BCUT2D eigenvalue weighted by Crippen LogP contribution is -2.32. The van der Waals surface area contributed by atoms with Crippen LogP contribution >= 0.6 is 0 Å². The second kappa shape index (κ2) is 12.1. The minimum atomic E-state index is -0.608. The van der Waals surface area contributed by atoms with Crippen molar-refractivity contribution in [2.24, 2.45) is 0 Å². The van der Waals surface area contributed by atoms with Gasteiger partial charge in [-0.05, 0) is 94.7 Å². The van der Waals surface area contributed by atoms with Gasteiger partial charge in [0.15, 0.2) is 0 Å². The second-order valence-corrected chi connectivity index (χ2v) is 15.3. The van der Waals surface area contributed by atoms with Gasteiger partial charge in [0.1, 0.15) is 11.5 Å². The molecule has 1 aromatic heterocycles. The molecule has 3 nitrogen and oxygen atoms in total. The molecule has 268 valence electrons. The maximum absolute atomic E-state index is 6.95. The van der Waals surface area contributed by atoms with E-state index in [0.29, 0.717) is 0 Å². The van der Waals surface area contributed by atoms with E-state index in [1.165, 1.54) is 60.6 Å². The number of aryl methyl sites for hydroxylation is 1. The van der Waals surface area contributed by atoms with Crippen molar-refractivity contribution in [2.75, 3.05) is 4.90 Å². The van der Waals surface area contributed by atoms with Crippen molar-refractivity contribution < 1.29 is 4.74 Å². The number of aromatic nitrogens is 1. The van der Waals surface area contributed by atoms with Crippen molar-refractivity contribution in [3.8, 4) is 28.3 Å². The molecule has 0 fully saturated rings. The van der Waals surface area contributed by atoms with Crippen LogP contribution in [0, 0.1) is 6.92 Å². The Morgan fingerprint density at radius 1 is 0.474 bits per heavy atom. The smallest absolute Gasteiger partial charge is 0.140 e. The van der Waals surface area contributed by atoms with E-state index in [2.05, 4.69) is 217 Å². The van der Waals surface area contributed by atoms with Crippen LogP contribution in [0.5, 0.6) is 11.5 Å². The number of rotatable bonds is 4. The molecule has 10 aromatic rings. The summed E-state index contributed by atoms with van der Waals surface area (Å²) >= 11 is 0. The van der Waals surface area contributed by atoms with Crippen molar-refractivity contribution in [1.82, 2.24) is 4.57 Å². The van der Waals surface area contributed by atoms with Gasteiger partial charge < -0.3 is 14.2 Å². The standard InChI is InChI=1S/C54H36N2O/c1-35-16-5-12-25-47(35)56(50-28-15-27-49-52(50)42-22-9-13-26-48(42)55(49)37-18-3-2-4-19-37)38-31-32-41-40-21-8-10-23-43(40)54(46(41)34-38)44-24-11-14-29-51(44)57-53-39-20-7-6-17-36(39)30-33-45(53)54/h2-34H,1H3. The number of nitrogens with zero attached hydrogens (tertiary/aromatic N) is 2. The molecule has 1 atom stereocenters. The number of hydrogen-bond donors (Lipinski definition) is 0. The summed E-state index contributed by atoms with van der Waals surface area (Å²) in [6.07, 6.45) is 0. The topological polar surface area (TPSA) is 17.4 Å². The van der Waals surface area contributed by atoms with Crippen molar-refractivity contribution in [1.29, 1.82) is 0 Å². The molecule has 9 aromatic carbocycles. The summed E-state index contributed by atoms with van der Waals surface area (Å²) in [5.41, 5.74) is 14.8. The molecule has 2 heterocycles. The summed E-state index contributed by atoms with van der Waals surface area (Å²) in [7, 11) is 0. The molecule has 0 saturated heterocycles. The minimum Gasteiger partial charge on any atom is -0.456 e. The van der Waals surface area contributed by atoms with Crippen LogP contribution in [-0.2, 0) is 5.41 Å². The van der Waals surface area contributed by atoms with Gasteiger partial charge in [-0.25, -0.2) is 0 Å². The Morgan fingerprint density at radius 3 is 2.05 bits per heavy atom. The summed E-state index contributed by atoms with van der Waals surface area (Å²) in [6, 6.07) is 73.0. The number of ether oxygens (including phenoxy) is 1. The average molecular weight is 729 g/mol. The highest BCUT2D eigenvalue weighted by Gasteiger charge is 2.51. The first kappa shape index (κ1) is 31.9. The molecular weight excluding hydrogens is 693 g/mol. The molecule has 57 heavy (non-hydrogen) atoms. The van der Waals surface area contributed by atoms with Crippen LogP contribution in [0.4, 0.5) is 17.1 Å². The zero-order valence-corrected chi connectivity index (χ0v) is 31.4. The Bertz CT molecular complexity index is 3250. The van der Waals surface area contributed by atoms with E-state index in [-0.39, 0.29) is 0 Å². The minimum absolute atomic E-state index is 0.608. The third kappa shape index (κ3) is 4.37. The van der Waals surface area contributed by atoms with Gasteiger partial charge in [-0.1, -0.05) is 146 Å². The van der Waals surface area contributed by atoms with E-state index in [9.17, 15) is 0 Å². The normalized spacial score (nSPS) is 15.0. The third-order valence-electron chi connectivity index (χ3n) is 12.4. The molecule has 0 radical (unpaired) electrons. The predicted octanol–water partition coefficient (Wildman–Crippen LogP) is 14.2. The largest absolute Gasteiger partial charge is 0.456 e. The van der Waals surface area contributed by atoms with Gasteiger partial charge in [-0.3, -0.25) is 0 Å². The maximum Gasteiger partial charge on any atom is 0.140 e. The second-order valence-electron chi connectivity index (χ2n) is 15.3. The van der Waals surface area contributed by atoms with Gasteiger partial charge in [0.05, 0.1) is 22.1 Å². The number of hydrogen-bond acceptors (Lipinski definition) is 2. The highest BCUT2D eigenvalue weighted by atomic mass is 16.5. The van der Waals surface area contributed by atoms with Gasteiger partial charge >= 0.3 is 0 Å². The van der Waals surface area contributed by atoms with Crippen LogP contribution in [0.25, 0.3) is 49.4 Å². The lowest BCUT2D eigenvalue weighted by atomic mass is 9.65. The molecule has 0 saturated carbocycles. The molecular formula is C54H36N2O. The van der Waals surface area contributed by atoms with E-state index in [1.807, 2.05) is 0 Å². The molecule has 1 aliphatic heterocycles. The molecule has 12 rings (SSSR count). The van der Waals surface area contributed by atoms with Crippen LogP contribution in [-0.4, -0.2) is 4.57 Å². The highest BCUT2D eigenvalue weighted by Crippen LogP contribution is 2.63. The molecule has 3 heteroatoms. The summed E-state index contributed by atoms with van der Waals surface area (Å²) in [4.78, 5) is 2.49. The Hall–Kier alpha value is -7.36. The van der Waals surface area contributed by atoms with E-state index in [1.54, 1.807) is 0 Å².